The van der Waals surface area contributed by atoms with E-state index < -0.39 is 12.5 Å². The fourth-order valence-electron chi connectivity index (χ4n) is 2.42. The van der Waals surface area contributed by atoms with Crippen LogP contribution in [0.25, 0.3) is 0 Å². The van der Waals surface area contributed by atoms with E-state index in [4.69, 9.17) is 16.3 Å². The number of anilines is 1. The van der Waals surface area contributed by atoms with E-state index in [0.29, 0.717) is 10.8 Å². The Morgan fingerprint density at radius 1 is 1.21 bits per heavy atom. The number of rotatable bonds is 7. The number of carbonyl (C=O) groups is 1. The topological polar surface area (TPSA) is 65.4 Å². The Labute approximate surface area is 164 Å². The standard InChI is InChI=1S/C19H16ClF2N3O3/c1-12-2-7-17(28-19(21)22)15(10-12)24-18(26)16-8-9-23-25(16)11-27-14-5-3-13(20)4-6-14/h2-10,19H,11H2,1H3,(H,24,26). The van der Waals surface area contributed by atoms with E-state index >= 15 is 0 Å². The number of amides is 1. The number of ether oxygens (including phenoxy) is 2. The normalized spacial score (nSPS) is 10.8. The summed E-state index contributed by atoms with van der Waals surface area (Å²) in [4.78, 5) is 12.6. The Hall–Kier alpha value is -3.13. The molecule has 28 heavy (non-hydrogen) atoms. The number of halogens is 3. The highest BCUT2D eigenvalue weighted by Gasteiger charge is 2.17. The molecule has 0 aliphatic rings. The van der Waals surface area contributed by atoms with Crippen molar-refractivity contribution in [2.45, 2.75) is 20.3 Å². The fraction of sp³-hybridized carbons (Fsp3) is 0.158. The Kier molecular flexibility index (Phi) is 6.10. The second-order valence-corrected chi connectivity index (χ2v) is 6.21. The molecule has 0 fully saturated rings. The summed E-state index contributed by atoms with van der Waals surface area (Å²) in [5.41, 5.74) is 1.10. The summed E-state index contributed by atoms with van der Waals surface area (Å²) in [5, 5.41) is 7.20. The van der Waals surface area contributed by atoms with Crippen molar-refractivity contribution in [3.05, 3.63) is 71.0 Å². The quantitative estimate of drug-likeness (QED) is 0.614. The zero-order chi connectivity index (χ0) is 20.1. The van der Waals surface area contributed by atoms with Crippen LogP contribution in [0.4, 0.5) is 14.5 Å². The van der Waals surface area contributed by atoms with E-state index in [1.54, 1.807) is 43.3 Å². The van der Waals surface area contributed by atoms with Gasteiger partial charge in [0.25, 0.3) is 5.91 Å². The minimum Gasteiger partial charge on any atom is -0.471 e. The van der Waals surface area contributed by atoms with Crippen LogP contribution in [-0.2, 0) is 6.73 Å². The van der Waals surface area contributed by atoms with Gasteiger partial charge >= 0.3 is 6.61 Å². The molecule has 0 aliphatic heterocycles. The lowest BCUT2D eigenvalue weighted by molar-refractivity contribution is -0.0493. The van der Waals surface area contributed by atoms with Crippen LogP contribution in [-0.4, -0.2) is 22.3 Å². The van der Waals surface area contributed by atoms with Crippen molar-refractivity contribution in [3.63, 3.8) is 0 Å². The van der Waals surface area contributed by atoms with Gasteiger partial charge in [-0.15, -0.1) is 0 Å². The van der Waals surface area contributed by atoms with E-state index in [9.17, 15) is 13.6 Å². The number of hydrogen-bond donors (Lipinski definition) is 1. The molecule has 0 spiro atoms. The number of nitrogens with one attached hydrogen (secondary N) is 1. The Bertz CT molecular complexity index is 961. The smallest absolute Gasteiger partial charge is 0.387 e. The predicted octanol–water partition coefficient (Wildman–Crippen LogP) is 4.74. The third-order valence-electron chi connectivity index (χ3n) is 3.72. The Morgan fingerprint density at radius 3 is 2.68 bits per heavy atom. The number of aryl methyl sites for hydroxylation is 1. The molecule has 1 amide bonds. The molecule has 9 heteroatoms. The van der Waals surface area contributed by atoms with Gasteiger partial charge in [-0.3, -0.25) is 4.79 Å². The van der Waals surface area contributed by atoms with Crippen LogP contribution in [0.1, 0.15) is 16.1 Å². The number of alkyl halides is 2. The second kappa shape index (κ2) is 8.71. The molecule has 0 bridgehead atoms. The minimum atomic E-state index is -3.00. The Morgan fingerprint density at radius 2 is 1.96 bits per heavy atom. The van der Waals surface area contributed by atoms with Gasteiger partial charge < -0.3 is 14.8 Å². The molecule has 3 rings (SSSR count). The van der Waals surface area contributed by atoms with E-state index in [1.807, 2.05) is 0 Å². The van der Waals surface area contributed by atoms with Crippen molar-refractivity contribution in [2.75, 3.05) is 5.32 Å². The van der Waals surface area contributed by atoms with Crippen molar-refractivity contribution in [2.24, 2.45) is 0 Å². The lowest BCUT2D eigenvalue weighted by atomic mass is 10.2. The van der Waals surface area contributed by atoms with Crippen LogP contribution >= 0.6 is 11.6 Å². The molecule has 3 aromatic rings. The zero-order valence-corrected chi connectivity index (χ0v) is 15.5. The SMILES string of the molecule is Cc1ccc(OC(F)F)c(NC(=O)c2ccnn2COc2ccc(Cl)cc2)c1. The number of benzene rings is 2. The predicted molar refractivity (Wildman–Crippen MR) is 100 cm³/mol. The highest BCUT2D eigenvalue weighted by molar-refractivity contribution is 6.30. The van der Waals surface area contributed by atoms with Crippen molar-refractivity contribution >= 4 is 23.2 Å². The summed E-state index contributed by atoms with van der Waals surface area (Å²) in [6.07, 6.45) is 1.44. The molecule has 146 valence electrons. The van der Waals surface area contributed by atoms with E-state index in [0.717, 1.165) is 5.56 Å². The maximum absolute atomic E-state index is 12.6. The van der Waals surface area contributed by atoms with Gasteiger partial charge in [0, 0.05) is 11.2 Å². The summed E-state index contributed by atoms with van der Waals surface area (Å²) >= 11 is 5.83. The Balaban J connectivity index is 1.73. The number of carbonyl (C=O) groups excluding carboxylic acids is 1. The second-order valence-electron chi connectivity index (χ2n) is 5.78. The first-order valence-electron chi connectivity index (χ1n) is 8.19. The first-order valence-corrected chi connectivity index (χ1v) is 8.57. The molecule has 1 heterocycles. The number of nitrogens with zero attached hydrogens (tertiary/aromatic N) is 2. The molecule has 1 N–H and O–H groups in total. The first-order chi connectivity index (χ1) is 13.4. The maximum Gasteiger partial charge on any atom is 0.387 e. The van der Waals surface area contributed by atoms with Crippen molar-refractivity contribution in [1.29, 1.82) is 0 Å². The summed E-state index contributed by atoms with van der Waals surface area (Å²) < 4.78 is 36.6. The largest absolute Gasteiger partial charge is 0.471 e. The molecule has 0 saturated carbocycles. The van der Waals surface area contributed by atoms with Gasteiger partial charge in [-0.05, 0) is 55.0 Å². The monoisotopic (exact) mass is 407 g/mol. The average molecular weight is 408 g/mol. The fourth-order valence-corrected chi connectivity index (χ4v) is 2.55. The van der Waals surface area contributed by atoms with Crippen molar-refractivity contribution < 1.29 is 23.0 Å². The van der Waals surface area contributed by atoms with Gasteiger partial charge in [-0.1, -0.05) is 17.7 Å². The molecule has 0 aliphatic carbocycles. The molecule has 0 radical (unpaired) electrons. The van der Waals surface area contributed by atoms with E-state index in [1.165, 1.54) is 23.0 Å². The van der Waals surface area contributed by atoms with Gasteiger partial charge in [-0.25, -0.2) is 4.68 Å². The third-order valence-corrected chi connectivity index (χ3v) is 3.97. The highest BCUT2D eigenvalue weighted by atomic mass is 35.5. The van der Waals surface area contributed by atoms with Crippen LogP contribution in [0.15, 0.2) is 54.7 Å². The summed E-state index contributed by atoms with van der Waals surface area (Å²) in [5.74, 6) is -0.114. The third kappa shape index (κ3) is 4.98. The van der Waals surface area contributed by atoms with E-state index in [-0.39, 0.29) is 23.9 Å². The van der Waals surface area contributed by atoms with Gasteiger partial charge in [0.05, 0.1) is 5.69 Å². The van der Waals surface area contributed by atoms with Crippen molar-refractivity contribution in [3.8, 4) is 11.5 Å². The lowest BCUT2D eigenvalue weighted by Gasteiger charge is -2.14. The van der Waals surface area contributed by atoms with Crippen LogP contribution in [0.5, 0.6) is 11.5 Å². The molecule has 1 aromatic heterocycles. The molecule has 0 unspecified atom stereocenters. The molecule has 0 saturated heterocycles. The molecular weight excluding hydrogens is 392 g/mol. The zero-order valence-electron chi connectivity index (χ0n) is 14.7. The van der Waals surface area contributed by atoms with E-state index in [2.05, 4.69) is 15.2 Å². The lowest BCUT2D eigenvalue weighted by Crippen LogP contribution is -2.20. The molecule has 2 aromatic carbocycles. The van der Waals surface area contributed by atoms with Gasteiger partial charge in [0.2, 0.25) is 0 Å². The first kappa shape index (κ1) is 19.6. The van der Waals surface area contributed by atoms with Crippen LogP contribution in [0.2, 0.25) is 5.02 Å². The minimum absolute atomic E-state index is 0.0222. The maximum atomic E-state index is 12.6. The van der Waals surface area contributed by atoms with Crippen LogP contribution in [0.3, 0.4) is 0 Å². The number of hydrogen-bond acceptors (Lipinski definition) is 4. The number of aromatic nitrogens is 2. The molecular formula is C19H16ClF2N3O3. The average Bonchev–Trinajstić information content (AvgIpc) is 3.12. The van der Waals surface area contributed by atoms with Gasteiger partial charge in [0.15, 0.2) is 6.73 Å². The van der Waals surface area contributed by atoms with Crippen LogP contribution < -0.4 is 14.8 Å². The van der Waals surface area contributed by atoms with Crippen LogP contribution in [0, 0.1) is 6.92 Å². The summed E-state index contributed by atoms with van der Waals surface area (Å²) in [7, 11) is 0. The van der Waals surface area contributed by atoms with Crippen molar-refractivity contribution in [1.82, 2.24) is 9.78 Å². The van der Waals surface area contributed by atoms with Gasteiger partial charge in [0.1, 0.15) is 17.2 Å². The summed E-state index contributed by atoms with van der Waals surface area (Å²) in [6, 6.07) is 12.7. The molecule has 6 nitrogen and oxygen atoms in total. The summed E-state index contributed by atoms with van der Waals surface area (Å²) in [6.45, 7) is -1.26. The van der Waals surface area contributed by atoms with Gasteiger partial charge in [-0.2, -0.15) is 13.9 Å². The molecule has 0 atom stereocenters. The highest BCUT2D eigenvalue weighted by Crippen LogP contribution is 2.27.